The fourth-order valence-electron chi connectivity index (χ4n) is 1.56. The Morgan fingerprint density at radius 2 is 2.10 bits per heavy atom. The lowest BCUT2D eigenvalue weighted by Crippen LogP contribution is -2.11. The van der Waals surface area contributed by atoms with Gasteiger partial charge in [0.05, 0.1) is 12.9 Å². The minimum absolute atomic E-state index is 0.326. The van der Waals surface area contributed by atoms with E-state index >= 15 is 0 Å². The van der Waals surface area contributed by atoms with Crippen molar-refractivity contribution in [2.45, 2.75) is 19.8 Å². The number of nitrogens with zero attached hydrogens (tertiary/aromatic N) is 3. The molecule has 0 saturated carbocycles. The molecule has 0 aromatic carbocycles. The second-order valence-corrected chi connectivity index (χ2v) is 4.12. The molecule has 7 nitrogen and oxygen atoms in total. The van der Waals surface area contributed by atoms with Crippen LogP contribution in [0.4, 0.5) is 11.9 Å². The fraction of sp³-hybridized carbons (Fsp3) is 0.462. The Bertz CT molecular complexity index is 515. The van der Waals surface area contributed by atoms with Gasteiger partial charge in [-0.25, -0.2) is 0 Å². The van der Waals surface area contributed by atoms with E-state index in [1.54, 1.807) is 13.3 Å². The number of rotatable bonds is 8. The Morgan fingerprint density at radius 3 is 2.80 bits per heavy atom. The fourth-order valence-corrected chi connectivity index (χ4v) is 1.56. The molecule has 0 unspecified atom stereocenters. The van der Waals surface area contributed by atoms with Gasteiger partial charge in [-0.05, 0) is 18.6 Å². The van der Waals surface area contributed by atoms with Crippen molar-refractivity contribution in [3.63, 3.8) is 0 Å². The lowest BCUT2D eigenvalue weighted by Gasteiger charge is -2.08. The first kappa shape index (κ1) is 14.1. The summed E-state index contributed by atoms with van der Waals surface area (Å²) in [6.07, 6.45) is 3.33. The van der Waals surface area contributed by atoms with Crippen molar-refractivity contribution in [1.82, 2.24) is 15.0 Å². The monoisotopic (exact) mass is 277 g/mol. The standard InChI is InChI=1S/C13H19N5O2/c1-3-8-20-13-17-11(14-2)16-12(18-13)15-7-6-10-5-4-9-19-10/h4-5,9H,3,6-8H2,1-2H3,(H2,14,15,16,17,18). The van der Waals surface area contributed by atoms with E-state index in [9.17, 15) is 0 Å². The van der Waals surface area contributed by atoms with Crippen molar-refractivity contribution >= 4 is 11.9 Å². The Labute approximate surface area is 117 Å². The average molecular weight is 277 g/mol. The van der Waals surface area contributed by atoms with Crippen LogP contribution in [0.5, 0.6) is 6.01 Å². The summed E-state index contributed by atoms with van der Waals surface area (Å²) in [5, 5.41) is 6.02. The topological polar surface area (TPSA) is 85.1 Å². The lowest BCUT2D eigenvalue weighted by molar-refractivity contribution is 0.292. The molecule has 0 amide bonds. The molecule has 2 aromatic rings. The summed E-state index contributed by atoms with van der Waals surface area (Å²) in [5.41, 5.74) is 0. The third-order valence-corrected chi connectivity index (χ3v) is 2.51. The van der Waals surface area contributed by atoms with Crippen LogP contribution in [-0.4, -0.2) is 35.2 Å². The predicted molar refractivity (Wildman–Crippen MR) is 76.1 cm³/mol. The number of hydrogen-bond acceptors (Lipinski definition) is 7. The summed E-state index contributed by atoms with van der Waals surface area (Å²) in [4.78, 5) is 12.6. The summed E-state index contributed by atoms with van der Waals surface area (Å²) in [6.45, 7) is 3.29. The summed E-state index contributed by atoms with van der Waals surface area (Å²) >= 11 is 0. The van der Waals surface area contributed by atoms with E-state index in [0.29, 0.717) is 31.1 Å². The van der Waals surface area contributed by atoms with Gasteiger partial charge >= 0.3 is 6.01 Å². The molecular formula is C13H19N5O2. The van der Waals surface area contributed by atoms with Crippen LogP contribution in [0.1, 0.15) is 19.1 Å². The largest absolute Gasteiger partial charge is 0.469 e. The number of hydrogen-bond donors (Lipinski definition) is 2. The molecule has 2 heterocycles. The number of nitrogens with one attached hydrogen (secondary N) is 2. The van der Waals surface area contributed by atoms with Gasteiger partial charge in [0.2, 0.25) is 11.9 Å². The number of aromatic nitrogens is 3. The molecule has 2 N–H and O–H groups in total. The van der Waals surface area contributed by atoms with E-state index in [1.807, 2.05) is 19.1 Å². The van der Waals surface area contributed by atoms with Crippen molar-refractivity contribution in [1.29, 1.82) is 0 Å². The highest BCUT2D eigenvalue weighted by atomic mass is 16.5. The lowest BCUT2D eigenvalue weighted by atomic mass is 10.3. The van der Waals surface area contributed by atoms with Crippen molar-refractivity contribution < 1.29 is 9.15 Å². The first-order valence-corrected chi connectivity index (χ1v) is 6.64. The van der Waals surface area contributed by atoms with E-state index in [-0.39, 0.29) is 0 Å². The maximum absolute atomic E-state index is 5.43. The highest BCUT2D eigenvalue weighted by Gasteiger charge is 2.06. The summed E-state index contributed by atoms with van der Waals surface area (Å²) < 4.78 is 10.7. The first-order chi connectivity index (χ1) is 9.81. The summed E-state index contributed by atoms with van der Waals surface area (Å²) in [6, 6.07) is 4.13. The van der Waals surface area contributed by atoms with E-state index in [2.05, 4.69) is 25.6 Å². The maximum atomic E-state index is 5.43. The van der Waals surface area contributed by atoms with E-state index in [1.165, 1.54) is 0 Å². The molecule has 0 saturated heterocycles. The van der Waals surface area contributed by atoms with Gasteiger partial charge in [0.1, 0.15) is 5.76 Å². The Kier molecular flexibility index (Phi) is 5.16. The molecule has 0 bridgehead atoms. The zero-order valence-electron chi connectivity index (χ0n) is 11.7. The smallest absolute Gasteiger partial charge is 0.323 e. The Hall–Kier alpha value is -2.31. The third-order valence-electron chi connectivity index (χ3n) is 2.51. The van der Waals surface area contributed by atoms with Crippen molar-refractivity contribution in [3.8, 4) is 6.01 Å². The summed E-state index contributed by atoms with van der Waals surface area (Å²) in [5.74, 6) is 1.89. The predicted octanol–water partition coefficient (Wildman–Crippen LogP) is 1.95. The van der Waals surface area contributed by atoms with Crippen molar-refractivity contribution in [2.24, 2.45) is 0 Å². The average Bonchev–Trinajstić information content (AvgIpc) is 2.98. The van der Waals surface area contributed by atoms with Crippen LogP contribution >= 0.6 is 0 Å². The molecule has 2 rings (SSSR count). The second kappa shape index (κ2) is 7.32. The minimum Gasteiger partial charge on any atom is -0.469 e. The SMILES string of the molecule is CCCOc1nc(NC)nc(NCCc2ccco2)n1. The number of furan rings is 1. The van der Waals surface area contributed by atoms with Gasteiger partial charge in [-0.2, -0.15) is 15.0 Å². The van der Waals surface area contributed by atoms with Crippen LogP contribution in [0.2, 0.25) is 0 Å². The highest BCUT2D eigenvalue weighted by Crippen LogP contribution is 2.11. The van der Waals surface area contributed by atoms with Gasteiger partial charge in [-0.1, -0.05) is 6.92 Å². The first-order valence-electron chi connectivity index (χ1n) is 6.64. The molecule has 0 aliphatic heterocycles. The van der Waals surface area contributed by atoms with Crippen molar-refractivity contribution in [3.05, 3.63) is 24.2 Å². The van der Waals surface area contributed by atoms with Crippen LogP contribution < -0.4 is 15.4 Å². The molecule has 7 heteroatoms. The number of ether oxygens (including phenoxy) is 1. The van der Waals surface area contributed by atoms with Crippen LogP contribution in [0.15, 0.2) is 22.8 Å². The van der Waals surface area contributed by atoms with Crippen LogP contribution in [0.3, 0.4) is 0 Å². The Morgan fingerprint density at radius 1 is 1.25 bits per heavy atom. The zero-order valence-corrected chi connectivity index (χ0v) is 11.7. The van der Waals surface area contributed by atoms with Gasteiger partial charge in [0.15, 0.2) is 0 Å². The van der Waals surface area contributed by atoms with E-state index < -0.39 is 0 Å². The Balaban J connectivity index is 1.94. The molecule has 0 fully saturated rings. The van der Waals surface area contributed by atoms with E-state index in [4.69, 9.17) is 9.15 Å². The van der Waals surface area contributed by atoms with Crippen LogP contribution in [0, 0.1) is 0 Å². The maximum Gasteiger partial charge on any atom is 0.323 e. The summed E-state index contributed by atoms with van der Waals surface area (Å²) in [7, 11) is 1.76. The highest BCUT2D eigenvalue weighted by molar-refractivity contribution is 5.35. The van der Waals surface area contributed by atoms with Gasteiger partial charge in [0.25, 0.3) is 0 Å². The molecule has 20 heavy (non-hydrogen) atoms. The normalized spacial score (nSPS) is 10.3. The zero-order chi connectivity index (χ0) is 14.2. The van der Waals surface area contributed by atoms with Crippen LogP contribution in [-0.2, 0) is 6.42 Å². The molecule has 0 aliphatic rings. The molecular weight excluding hydrogens is 258 g/mol. The molecule has 0 radical (unpaired) electrons. The molecule has 2 aromatic heterocycles. The van der Waals surface area contributed by atoms with E-state index in [0.717, 1.165) is 18.6 Å². The second-order valence-electron chi connectivity index (χ2n) is 4.12. The van der Waals surface area contributed by atoms with Gasteiger partial charge in [0, 0.05) is 20.0 Å². The van der Waals surface area contributed by atoms with Gasteiger partial charge < -0.3 is 19.8 Å². The van der Waals surface area contributed by atoms with Crippen LogP contribution in [0.25, 0.3) is 0 Å². The number of anilines is 2. The van der Waals surface area contributed by atoms with Crippen molar-refractivity contribution in [2.75, 3.05) is 30.8 Å². The van der Waals surface area contributed by atoms with Gasteiger partial charge in [-0.3, -0.25) is 0 Å². The molecule has 0 spiro atoms. The minimum atomic E-state index is 0.326. The van der Waals surface area contributed by atoms with Gasteiger partial charge in [-0.15, -0.1) is 0 Å². The molecule has 0 atom stereocenters. The third kappa shape index (κ3) is 4.11. The quantitative estimate of drug-likeness (QED) is 0.762. The molecule has 108 valence electrons. The molecule has 0 aliphatic carbocycles.